The fraction of sp³-hybridized carbons (Fsp3) is 0.167. The van der Waals surface area contributed by atoms with Crippen molar-refractivity contribution in [1.29, 1.82) is 0 Å². The molecule has 5 heteroatoms. The topological polar surface area (TPSA) is 49.9 Å². The maximum atomic E-state index is 11.7. The van der Waals surface area contributed by atoms with Gasteiger partial charge in [-0.2, -0.15) is 0 Å². The number of carbonyl (C=O) groups excluding carboxylic acids is 2. The van der Waals surface area contributed by atoms with E-state index in [4.69, 9.17) is 11.2 Å². The van der Waals surface area contributed by atoms with Crippen LogP contribution in [0.25, 0.3) is 0 Å². The second kappa shape index (κ2) is 4.18. The van der Waals surface area contributed by atoms with Crippen LogP contribution in [0.1, 0.15) is 0 Å². The summed E-state index contributed by atoms with van der Waals surface area (Å²) in [6, 6.07) is 10.3. The van der Waals surface area contributed by atoms with E-state index in [1.54, 1.807) is 24.3 Å². The van der Waals surface area contributed by atoms with Crippen LogP contribution in [0.5, 0.6) is 5.75 Å². The summed E-state index contributed by atoms with van der Waals surface area (Å²) in [7, 11) is 1.36. The third-order valence-corrected chi connectivity index (χ3v) is 2.40. The lowest BCUT2D eigenvalue weighted by molar-refractivity contribution is -0.133. The summed E-state index contributed by atoms with van der Waals surface area (Å²) in [6.45, 7) is 0. The van der Waals surface area contributed by atoms with E-state index in [1.807, 2.05) is 6.07 Å². The quantitative estimate of drug-likeness (QED) is 0.559. The van der Waals surface area contributed by atoms with Crippen molar-refractivity contribution in [3.8, 4) is 18.2 Å². The summed E-state index contributed by atoms with van der Waals surface area (Å²) in [5.74, 6) is 0.00556. The van der Waals surface area contributed by atoms with Crippen molar-refractivity contribution in [2.45, 2.75) is 6.23 Å². The zero-order valence-electron chi connectivity index (χ0n) is 9.16. The molecule has 0 aromatic heterocycles. The molecule has 0 radical (unpaired) electrons. The third-order valence-electron chi connectivity index (χ3n) is 2.40. The summed E-state index contributed by atoms with van der Waals surface area (Å²) in [6.07, 6.45) is 4.11. The minimum absolute atomic E-state index is 0.475. The summed E-state index contributed by atoms with van der Waals surface area (Å²) in [4.78, 5) is 25.2. The Bertz CT molecular complexity index is 492. The molecule has 5 nitrogen and oxygen atoms in total. The van der Waals surface area contributed by atoms with Crippen LogP contribution >= 0.6 is 0 Å². The largest absolute Gasteiger partial charge is 0.460 e. The van der Waals surface area contributed by atoms with E-state index in [0.717, 1.165) is 9.80 Å². The highest BCUT2D eigenvalue weighted by atomic mass is 16.5. The predicted octanol–water partition coefficient (Wildman–Crippen LogP) is 0.876. The molecule has 86 valence electrons. The first kappa shape index (κ1) is 11.0. The molecule has 17 heavy (non-hydrogen) atoms. The van der Waals surface area contributed by atoms with Crippen molar-refractivity contribution >= 4 is 11.9 Å². The van der Waals surface area contributed by atoms with E-state index in [2.05, 4.69) is 6.04 Å². The van der Waals surface area contributed by atoms with Crippen LogP contribution in [0.15, 0.2) is 30.3 Å². The number of terminal acetylenes is 1. The van der Waals surface area contributed by atoms with Crippen molar-refractivity contribution in [2.24, 2.45) is 0 Å². The Morgan fingerprint density at radius 1 is 1.29 bits per heavy atom. The van der Waals surface area contributed by atoms with Gasteiger partial charge in [0.15, 0.2) is 0 Å². The van der Waals surface area contributed by atoms with E-state index in [0.29, 0.717) is 5.75 Å². The fourth-order valence-electron chi connectivity index (χ4n) is 1.49. The SMILES string of the molecule is C#CN1C(=O)N(C)C(=O)C1Oc1ccccc1. The van der Waals surface area contributed by atoms with Gasteiger partial charge in [-0.15, -0.1) is 0 Å². The normalized spacial score (nSPS) is 19.4. The van der Waals surface area contributed by atoms with Gasteiger partial charge in [0.25, 0.3) is 12.1 Å². The Kier molecular flexibility index (Phi) is 2.71. The lowest BCUT2D eigenvalue weighted by Gasteiger charge is -2.16. The zero-order chi connectivity index (χ0) is 12.4. The maximum Gasteiger partial charge on any atom is 0.341 e. The van der Waals surface area contributed by atoms with Crippen molar-refractivity contribution < 1.29 is 14.3 Å². The summed E-state index contributed by atoms with van der Waals surface area (Å²) in [5, 5.41) is 0. The van der Waals surface area contributed by atoms with Crippen LogP contribution in [-0.4, -0.2) is 35.0 Å². The molecule has 1 saturated heterocycles. The smallest absolute Gasteiger partial charge is 0.341 e. The molecule has 1 heterocycles. The number of para-hydroxylation sites is 1. The van der Waals surface area contributed by atoms with Crippen LogP contribution in [0.2, 0.25) is 0 Å². The van der Waals surface area contributed by atoms with Gasteiger partial charge in [-0.3, -0.25) is 9.69 Å². The van der Waals surface area contributed by atoms with Gasteiger partial charge >= 0.3 is 6.03 Å². The number of imide groups is 1. The third kappa shape index (κ3) is 1.81. The summed E-state index contributed by atoms with van der Waals surface area (Å²) < 4.78 is 5.40. The monoisotopic (exact) mass is 230 g/mol. The highest BCUT2D eigenvalue weighted by molar-refractivity contribution is 6.04. The minimum atomic E-state index is -1.08. The zero-order valence-corrected chi connectivity index (χ0v) is 9.16. The molecule has 1 aromatic carbocycles. The summed E-state index contributed by atoms with van der Waals surface area (Å²) in [5.41, 5.74) is 0. The van der Waals surface area contributed by atoms with Crippen LogP contribution in [0.4, 0.5) is 4.79 Å². The van der Waals surface area contributed by atoms with Crippen LogP contribution in [0.3, 0.4) is 0 Å². The Morgan fingerprint density at radius 3 is 2.53 bits per heavy atom. The standard InChI is InChI=1S/C12H10N2O3/c1-3-14-11(10(15)13(2)12(14)16)17-9-7-5-4-6-8-9/h1,4-8,11H,2H3. The molecule has 0 saturated carbocycles. The van der Waals surface area contributed by atoms with Crippen molar-refractivity contribution in [3.63, 3.8) is 0 Å². The Morgan fingerprint density at radius 2 is 1.94 bits per heavy atom. The van der Waals surface area contributed by atoms with Crippen molar-refractivity contribution in [2.75, 3.05) is 7.05 Å². The number of hydrogen-bond donors (Lipinski definition) is 0. The lowest BCUT2D eigenvalue weighted by Crippen LogP contribution is -2.36. The molecule has 2 rings (SSSR count). The average molecular weight is 230 g/mol. The highest BCUT2D eigenvalue weighted by Crippen LogP contribution is 2.19. The van der Waals surface area contributed by atoms with Gasteiger partial charge in [-0.1, -0.05) is 24.6 Å². The van der Waals surface area contributed by atoms with Gasteiger partial charge in [0.2, 0.25) is 0 Å². The molecular weight excluding hydrogens is 220 g/mol. The second-order valence-electron chi connectivity index (χ2n) is 3.46. The van der Waals surface area contributed by atoms with E-state index in [-0.39, 0.29) is 0 Å². The van der Waals surface area contributed by atoms with Gasteiger partial charge in [0, 0.05) is 13.1 Å². The summed E-state index contributed by atoms with van der Waals surface area (Å²) >= 11 is 0. The molecule has 3 amide bonds. The molecule has 1 fully saturated rings. The van der Waals surface area contributed by atoms with E-state index in [9.17, 15) is 9.59 Å². The van der Waals surface area contributed by atoms with Crippen LogP contribution in [0, 0.1) is 12.5 Å². The molecule has 1 atom stereocenters. The van der Waals surface area contributed by atoms with Gasteiger partial charge in [-0.05, 0) is 12.1 Å². The molecule has 1 aliphatic rings. The lowest BCUT2D eigenvalue weighted by atomic mass is 10.3. The van der Waals surface area contributed by atoms with E-state index < -0.39 is 18.2 Å². The predicted molar refractivity (Wildman–Crippen MR) is 59.7 cm³/mol. The minimum Gasteiger partial charge on any atom is -0.460 e. The van der Waals surface area contributed by atoms with Crippen molar-refractivity contribution in [1.82, 2.24) is 9.80 Å². The molecule has 1 aromatic rings. The van der Waals surface area contributed by atoms with E-state index >= 15 is 0 Å². The maximum absolute atomic E-state index is 11.7. The van der Waals surface area contributed by atoms with Gasteiger partial charge in [0.05, 0.1) is 0 Å². The van der Waals surface area contributed by atoms with Crippen LogP contribution in [-0.2, 0) is 4.79 Å². The number of nitrogens with zero attached hydrogens (tertiary/aromatic N) is 2. The molecular formula is C12H10N2O3. The molecule has 0 bridgehead atoms. The molecule has 0 spiro atoms. The number of benzene rings is 1. The first-order valence-corrected chi connectivity index (χ1v) is 4.94. The van der Waals surface area contributed by atoms with Gasteiger partial charge < -0.3 is 4.74 Å². The molecule has 0 N–H and O–H groups in total. The van der Waals surface area contributed by atoms with Gasteiger partial charge in [-0.25, -0.2) is 9.69 Å². The first-order valence-electron chi connectivity index (χ1n) is 4.94. The van der Waals surface area contributed by atoms with Crippen molar-refractivity contribution in [3.05, 3.63) is 30.3 Å². The number of hydrogen-bond acceptors (Lipinski definition) is 3. The Labute approximate surface area is 98.6 Å². The highest BCUT2D eigenvalue weighted by Gasteiger charge is 2.44. The number of carbonyl (C=O) groups is 2. The average Bonchev–Trinajstić information content (AvgIpc) is 2.55. The van der Waals surface area contributed by atoms with Crippen LogP contribution < -0.4 is 4.74 Å². The van der Waals surface area contributed by atoms with E-state index in [1.165, 1.54) is 7.05 Å². The molecule has 0 aliphatic carbocycles. The Balaban J connectivity index is 2.24. The van der Waals surface area contributed by atoms with Gasteiger partial charge in [0.1, 0.15) is 5.75 Å². The fourth-order valence-corrected chi connectivity index (χ4v) is 1.49. The number of amides is 3. The first-order chi connectivity index (χ1) is 8.15. The number of likely N-dealkylation sites (N-methyl/N-ethyl adjacent to an activating group) is 1. The molecule has 1 unspecified atom stereocenters. The molecule has 1 aliphatic heterocycles. The second-order valence-corrected chi connectivity index (χ2v) is 3.46. The number of ether oxygens (including phenoxy) is 1. The Hall–Kier alpha value is -2.48. The number of urea groups is 1. The number of rotatable bonds is 2.